The van der Waals surface area contributed by atoms with E-state index in [2.05, 4.69) is 4.98 Å². The molecule has 0 aliphatic carbocycles. The second kappa shape index (κ2) is 4.64. The van der Waals surface area contributed by atoms with E-state index < -0.39 is 17.8 Å². The molecule has 1 atom stereocenters. The van der Waals surface area contributed by atoms with Crippen molar-refractivity contribution in [2.75, 3.05) is 12.3 Å². The van der Waals surface area contributed by atoms with E-state index in [-0.39, 0.29) is 12.6 Å². The fraction of sp³-hybridized carbons (Fsp3) is 0.333. The number of anilines is 1. The summed E-state index contributed by atoms with van der Waals surface area (Å²) in [6.07, 6.45) is 0. The zero-order valence-electron chi connectivity index (χ0n) is 10.2. The van der Waals surface area contributed by atoms with Crippen molar-refractivity contribution in [2.24, 2.45) is 0 Å². The van der Waals surface area contributed by atoms with Gasteiger partial charge in [0, 0.05) is 0 Å². The number of nitrogens with zero attached hydrogens (tertiary/aromatic N) is 2. The van der Waals surface area contributed by atoms with Crippen molar-refractivity contribution in [1.29, 1.82) is 0 Å². The summed E-state index contributed by atoms with van der Waals surface area (Å²) >= 11 is 0. The number of rotatable bonds is 3. The molecule has 0 amide bonds. The van der Waals surface area contributed by atoms with Gasteiger partial charge in [-0.25, -0.2) is 14.2 Å². The van der Waals surface area contributed by atoms with Crippen LogP contribution >= 0.6 is 0 Å². The van der Waals surface area contributed by atoms with Crippen molar-refractivity contribution >= 4 is 23.0 Å². The number of benzene rings is 1. The lowest BCUT2D eigenvalue weighted by molar-refractivity contribution is -0.146. The molecule has 5 nitrogen and oxygen atoms in total. The maximum absolute atomic E-state index is 13.2. The van der Waals surface area contributed by atoms with Crippen LogP contribution in [0.15, 0.2) is 18.2 Å². The fourth-order valence-electron chi connectivity index (χ4n) is 1.86. The molecule has 6 heteroatoms. The highest BCUT2D eigenvalue weighted by Gasteiger charge is 2.21. The highest BCUT2D eigenvalue weighted by Crippen LogP contribution is 2.24. The predicted molar refractivity (Wildman–Crippen MR) is 65.4 cm³/mol. The highest BCUT2D eigenvalue weighted by molar-refractivity contribution is 5.83. The van der Waals surface area contributed by atoms with Gasteiger partial charge in [-0.15, -0.1) is 0 Å². The third-order valence-electron chi connectivity index (χ3n) is 2.69. The lowest BCUT2D eigenvalue weighted by atomic mass is 10.2. The Hall–Kier alpha value is -2.11. The first-order chi connectivity index (χ1) is 8.54. The molecule has 0 saturated heterocycles. The highest BCUT2D eigenvalue weighted by atomic mass is 19.1. The predicted octanol–water partition coefficient (Wildman–Crippen LogP) is 1.88. The van der Waals surface area contributed by atoms with Gasteiger partial charge in [-0.1, -0.05) is 0 Å². The number of hydrogen-bond donors (Lipinski definition) is 1. The molecule has 0 aliphatic heterocycles. The smallest absolute Gasteiger partial charge is 0.328 e. The monoisotopic (exact) mass is 251 g/mol. The average molecular weight is 251 g/mol. The van der Waals surface area contributed by atoms with Crippen LogP contribution in [-0.2, 0) is 9.53 Å². The molecule has 1 aromatic carbocycles. The third-order valence-corrected chi connectivity index (χ3v) is 2.69. The molecule has 2 aromatic rings. The normalized spacial score (nSPS) is 12.6. The largest absolute Gasteiger partial charge is 0.464 e. The van der Waals surface area contributed by atoms with Crippen molar-refractivity contribution in [3.8, 4) is 0 Å². The number of carbonyl (C=O) groups is 1. The molecular formula is C12H14FN3O2. The number of hydrogen-bond acceptors (Lipinski definition) is 4. The lowest BCUT2D eigenvalue weighted by Gasteiger charge is -2.14. The lowest BCUT2D eigenvalue weighted by Crippen LogP contribution is -2.20. The van der Waals surface area contributed by atoms with Crippen LogP contribution in [0, 0.1) is 5.82 Å². The number of nitrogens with two attached hydrogens (primary N) is 1. The van der Waals surface area contributed by atoms with E-state index >= 15 is 0 Å². The van der Waals surface area contributed by atoms with Crippen molar-refractivity contribution in [3.63, 3.8) is 0 Å². The molecule has 1 aromatic heterocycles. The van der Waals surface area contributed by atoms with Crippen LogP contribution in [0.2, 0.25) is 0 Å². The topological polar surface area (TPSA) is 70.1 Å². The number of ether oxygens (including phenoxy) is 1. The summed E-state index contributed by atoms with van der Waals surface area (Å²) in [4.78, 5) is 15.8. The zero-order chi connectivity index (χ0) is 13.3. The molecule has 1 heterocycles. The second-order valence-electron chi connectivity index (χ2n) is 3.90. The first kappa shape index (κ1) is 12.3. The number of esters is 1. The van der Waals surface area contributed by atoms with Crippen LogP contribution in [0.25, 0.3) is 11.0 Å². The van der Waals surface area contributed by atoms with Crippen LogP contribution in [0.1, 0.15) is 19.9 Å². The number of nitrogen functional groups attached to an aromatic ring is 1. The Morgan fingerprint density at radius 1 is 1.61 bits per heavy atom. The van der Waals surface area contributed by atoms with E-state index in [1.54, 1.807) is 13.8 Å². The van der Waals surface area contributed by atoms with Gasteiger partial charge >= 0.3 is 5.97 Å². The summed E-state index contributed by atoms with van der Waals surface area (Å²) in [5.41, 5.74) is 6.79. The zero-order valence-corrected chi connectivity index (χ0v) is 10.2. The molecule has 0 saturated carbocycles. The Balaban J connectivity index is 2.52. The standard InChI is InChI=1S/C12H14FN3O2/c1-3-18-11(17)7(2)16-10-6-8(13)4-5-9(10)15-12(16)14/h4-7H,3H2,1-2H3,(H2,14,15). The van der Waals surface area contributed by atoms with E-state index in [1.165, 1.54) is 22.8 Å². The maximum atomic E-state index is 13.2. The third kappa shape index (κ3) is 2.01. The summed E-state index contributed by atoms with van der Waals surface area (Å²) in [5, 5.41) is 0. The molecule has 0 spiro atoms. The summed E-state index contributed by atoms with van der Waals surface area (Å²) in [6, 6.07) is 3.48. The van der Waals surface area contributed by atoms with Gasteiger partial charge in [0.15, 0.2) is 0 Å². The van der Waals surface area contributed by atoms with E-state index in [0.29, 0.717) is 11.0 Å². The molecule has 96 valence electrons. The van der Waals surface area contributed by atoms with Gasteiger partial charge < -0.3 is 10.5 Å². The number of halogens is 1. The van der Waals surface area contributed by atoms with Crippen molar-refractivity contribution in [2.45, 2.75) is 19.9 Å². The first-order valence-electron chi connectivity index (χ1n) is 5.64. The van der Waals surface area contributed by atoms with Gasteiger partial charge in [0.1, 0.15) is 11.9 Å². The Morgan fingerprint density at radius 2 is 2.33 bits per heavy atom. The van der Waals surface area contributed by atoms with E-state index in [0.717, 1.165) is 0 Å². The van der Waals surface area contributed by atoms with Gasteiger partial charge in [-0.05, 0) is 32.0 Å². The van der Waals surface area contributed by atoms with Gasteiger partial charge in [0.05, 0.1) is 17.6 Å². The molecule has 0 bridgehead atoms. The van der Waals surface area contributed by atoms with Crippen molar-refractivity contribution < 1.29 is 13.9 Å². The molecular weight excluding hydrogens is 237 g/mol. The number of fused-ring (bicyclic) bond motifs is 1. The maximum Gasteiger partial charge on any atom is 0.328 e. The van der Waals surface area contributed by atoms with Gasteiger partial charge in [-0.3, -0.25) is 4.57 Å². The Bertz CT molecular complexity index is 594. The van der Waals surface area contributed by atoms with Gasteiger partial charge in [0.25, 0.3) is 0 Å². The fourth-order valence-corrected chi connectivity index (χ4v) is 1.86. The Kier molecular flexibility index (Phi) is 3.18. The van der Waals surface area contributed by atoms with E-state index in [1.807, 2.05) is 0 Å². The molecule has 18 heavy (non-hydrogen) atoms. The summed E-state index contributed by atoms with van der Waals surface area (Å²) in [7, 11) is 0. The Morgan fingerprint density at radius 3 is 3.00 bits per heavy atom. The van der Waals surface area contributed by atoms with Crippen LogP contribution in [0.5, 0.6) is 0 Å². The summed E-state index contributed by atoms with van der Waals surface area (Å²) in [6.45, 7) is 3.64. The van der Waals surface area contributed by atoms with Crippen molar-refractivity contribution in [1.82, 2.24) is 9.55 Å². The van der Waals surface area contributed by atoms with E-state index in [4.69, 9.17) is 10.5 Å². The number of aromatic nitrogens is 2. The SMILES string of the molecule is CCOC(=O)C(C)n1c(N)nc2ccc(F)cc21. The van der Waals surface area contributed by atoms with E-state index in [9.17, 15) is 9.18 Å². The van der Waals surface area contributed by atoms with Crippen LogP contribution in [0.4, 0.5) is 10.3 Å². The number of imidazole rings is 1. The minimum absolute atomic E-state index is 0.163. The minimum atomic E-state index is -0.642. The first-order valence-corrected chi connectivity index (χ1v) is 5.64. The quantitative estimate of drug-likeness (QED) is 0.845. The average Bonchev–Trinajstić information content (AvgIpc) is 2.64. The van der Waals surface area contributed by atoms with Gasteiger partial charge in [-0.2, -0.15) is 0 Å². The van der Waals surface area contributed by atoms with Crippen LogP contribution in [0.3, 0.4) is 0 Å². The summed E-state index contributed by atoms with van der Waals surface area (Å²) in [5.74, 6) is -0.663. The van der Waals surface area contributed by atoms with Crippen LogP contribution < -0.4 is 5.73 Å². The molecule has 1 unspecified atom stereocenters. The second-order valence-corrected chi connectivity index (χ2v) is 3.90. The number of carbonyl (C=O) groups excluding carboxylic acids is 1. The summed E-state index contributed by atoms with van der Waals surface area (Å²) < 4.78 is 19.6. The molecule has 2 N–H and O–H groups in total. The molecule has 0 radical (unpaired) electrons. The molecule has 0 fully saturated rings. The molecule has 2 rings (SSSR count). The minimum Gasteiger partial charge on any atom is -0.464 e. The van der Waals surface area contributed by atoms with Gasteiger partial charge in [0.2, 0.25) is 5.95 Å². The van der Waals surface area contributed by atoms with Crippen LogP contribution in [-0.4, -0.2) is 22.1 Å². The Labute approximate surface area is 103 Å². The van der Waals surface area contributed by atoms with Crippen molar-refractivity contribution in [3.05, 3.63) is 24.0 Å². The molecule has 0 aliphatic rings.